The van der Waals surface area contributed by atoms with E-state index >= 15 is 0 Å². The lowest BCUT2D eigenvalue weighted by molar-refractivity contribution is -0.213. The van der Waals surface area contributed by atoms with E-state index in [9.17, 15) is 0 Å². The molecule has 4 atom stereocenters. The zero-order chi connectivity index (χ0) is 18.4. The summed E-state index contributed by atoms with van der Waals surface area (Å²) in [4.78, 5) is 2.42. The minimum absolute atomic E-state index is 0.158. The van der Waals surface area contributed by atoms with Gasteiger partial charge in [-0.3, -0.25) is 4.90 Å². The Morgan fingerprint density at radius 3 is 2.92 bits per heavy atom. The van der Waals surface area contributed by atoms with Crippen molar-refractivity contribution in [3.63, 3.8) is 0 Å². The molecule has 0 bridgehead atoms. The highest BCUT2D eigenvalue weighted by Crippen LogP contribution is 2.37. The Labute approximate surface area is 159 Å². The van der Waals surface area contributed by atoms with Gasteiger partial charge >= 0.3 is 0 Å². The molecule has 3 nitrogen and oxygen atoms in total. The van der Waals surface area contributed by atoms with Gasteiger partial charge < -0.3 is 9.47 Å². The fourth-order valence-corrected chi connectivity index (χ4v) is 4.11. The highest BCUT2D eigenvalue weighted by molar-refractivity contribution is 5.19. The lowest BCUT2D eigenvalue weighted by atomic mass is 9.86. The van der Waals surface area contributed by atoms with Gasteiger partial charge in [-0.2, -0.15) is 0 Å². The Balaban J connectivity index is 1.74. The average Bonchev–Trinajstić information content (AvgIpc) is 3.15. The van der Waals surface area contributed by atoms with Gasteiger partial charge in [0.05, 0.1) is 6.61 Å². The Kier molecular flexibility index (Phi) is 6.75. The summed E-state index contributed by atoms with van der Waals surface area (Å²) < 4.78 is 12.7. The molecule has 2 aliphatic rings. The van der Waals surface area contributed by atoms with Gasteiger partial charge in [0.1, 0.15) is 18.4 Å². The van der Waals surface area contributed by atoms with Crippen LogP contribution in [-0.2, 0) is 16.1 Å². The molecule has 142 valence electrons. The standard InChI is InChI=1S/C23H33NO2/c1-4-5-10-19(2)14-15-22-23(3,21-13-9-16-24(21)18-25-22)26-17-20-11-7-6-8-12-20/h6-8,11-12,19,21-22H,4-5,9-10,13,16-18H2,1-3H3/t19-,21+,22-,23-/m1/s1. The van der Waals surface area contributed by atoms with Crippen molar-refractivity contribution in [1.82, 2.24) is 4.90 Å². The maximum atomic E-state index is 6.53. The van der Waals surface area contributed by atoms with Gasteiger partial charge in [-0.05, 0) is 31.7 Å². The predicted molar refractivity (Wildman–Crippen MR) is 106 cm³/mol. The van der Waals surface area contributed by atoms with Crippen molar-refractivity contribution in [3.05, 3.63) is 35.9 Å². The highest BCUT2D eigenvalue weighted by atomic mass is 16.6. The summed E-state index contributed by atoms with van der Waals surface area (Å²) >= 11 is 0. The van der Waals surface area contributed by atoms with Crippen LogP contribution in [0.3, 0.4) is 0 Å². The molecular formula is C23H33NO2. The monoisotopic (exact) mass is 355 g/mol. The van der Waals surface area contributed by atoms with Crippen molar-refractivity contribution in [3.8, 4) is 11.8 Å². The van der Waals surface area contributed by atoms with Crippen molar-refractivity contribution < 1.29 is 9.47 Å². The Hall–Kier alpha value is -1.34. The van der Waals surface area contributed by atoms with Crippen LogP contribution in [0.1, 0.15) is 58.4 Å². The van der Waals surface area contributed by atoms with Gasteiger partial charge in [-0.15, -0.1) is 0 Å². The van der Waals surface area contributed by atoms with Gasteiger partial charge in [-0.25, -0.2) is 0 Å². The molecule has 26 heavy (non-hydrogen) atoms. The van der Waals surface area contributed by atoms with Crippen LogP contribution < -0.4 is 0 Å². The fraction of sp³-hybridized carbons (Fsp3) is 0.652. The maximum absolute atomic E-state index is 6.53. The average molecular weight is 356 g/mol. The van der Waals surface area contributed by atoms with Gasteiger partial charge in [-0.1, -0.05) is 68.9 Å². The smallest absolute Gasteiger partial charge is 0.150 e. The van der Waals surface area contributed by atoms with E-state index in [0.29, 0.717) is 25.3 Å². The molecule has 2 aliphatic heterocycles. The van der Waals surface area contributed by atoms with E-state index < -0.39 is 0 Å². The summed E-state index contributed by atoms with van der Waals surface area (Å²) in [6.07, 6.45) is 5.84. The van der Waals surface area contributed by atoms with E-state index in [0.717, 1.165) is 19.4 Å². The highest BCUT2D eigenvalue weighted by Gasteiger charge is 2.50. The topological polar surface area (TPSA) is 21.7 Å². The lowest BCUT2D eigenvalue weighted by Crippen LogP contribution is -2.62. The van der Waals surface area contributed by atoms with Crippen LogP contribution in [-0.4, -0.2) is 35.9 Å². The number of hydrogen-bond donors (Lipinski definition) is 0. The number of benzene rings is 1. The molecular weight excluding hydrogens is 322 g/mol. The molecule has 0 N–H and O–H groups in total. The summed E-state index contributed by atoms with van der Waals surface area (Å²) in [5.74, 6) is 7.31. The number of nitrogens with zero attached hydrogens (tertiary/aromatic N) is 1. The zero-order valence-electron chi connectivity index (χ0n) is 16.5. The summed E-state index contributed by atoms with van der Waals surface area (Å²) in [5.41, 5.74) is 0.814. The lowest BCUT2D eigenvalue weighted by Gasteiger charge is -2.47. The summed E-state index contributed by atoms with van der Waals surface area (Å²) in [5, 5.41) is 0. The van der Waals surface area contributed by atoms with Crippen LogP contribution in [0.15, 0.2) is 30.3 Å². The first-order chi connectivity index (χ1) is 12.6. The van der Waals surface area contributed by atoms with E-state index in [1.54, 1.807) is 0 Å². The van der Waals surface area contributed by atoms with Crippen LogP contribution in [0.4, 0.5) is 0 Å². The normalized spacial score (nSPS) is 29.7. The molecule has 0 aromatic heterocycles. The first-order valence-corrected chi connectivity index (χ1v) is 10.2. The number of hydrogen-bond acceptors (Lipinski definition) is 3. The minimum Gasteiger partial charge on any atom is -0.365 e. The van der Waals surface area contributed by atoms with Crippen LogP contribution in [0.25, 0.3) is 0 Å². The van der Waals surface area contributed by atoms with Crippen molar-refractivity contribution >= 4 is 0 Å². The van der Waals surface area contributed by atoms with Gasteiger partial charge in [0.2, 0.25) is 0 Å². The summed E-state index contributed by atoms with van der Waals surface area (Å²) in [6.45, 7) is 9.03. The largest absolute Gasteiger partial charge is 0.365 e. The molecule has 0 amide bonds. The first-order valence-electron chi connectivity index (χ1n) is 10.2. The number of unbranched alkanes of at least 4 members (excludes halogenated alkanes) is 1. The van der Waals surface area contributed by atoms with E-state index in [1.807, 2.05) is 6.07 Å². The third-order valence-corrected chi connectivity index (χ3v) is 5.80. The van der Waals surface area contributed by atoms with Crippen molar-refractivity contribution in [2.24, 2.45) is 5.92 Å². The Bertz CT molecular complexity index is 620. The third kappa shape index (κ3) is 4.49. The Morgan fingerprint density at radius 1 is 1.35 bits per heavy atom. The molecule has 0 radical (unpaired) electrons. The van der Waals surface area contributed by atoms with Gasteiger partial charge in [0.15, 0.2) is 0 Å². The van der Waals surface area contributed by atoms with Crippen molar-refractivity contribution in [2.45, 2.75) is 77.2 Å². The molecule has 3 heteroatoms. The summed E-state index contributed by atoms with van der Waals surface area (Å²) in [6, 6.07) is 10.8. The van der Waals surface area contributed by atoms with E-state index in [2.05, 4.69) is 61.8 Å². The second-order valence-corrected chi connectivity index (χ2v) is 7.94. The van der Waals surface area contributed by atoms with Gasteiger partial charge in [0.25, 0.3) is 0 Å². The van der Waals surface area contributed by atoms with Crippen molar-refractivity contribution in [1.29, 1.82) is 0 Å². The van der Waals surface area contributed by atoms with Gasteiger partial charge in [0, 0.05) is 18.5 Å². The number of rotatable bonds is 6. The van der Waals surface area contributed by atoms with Crippen LogP contribution in [0.2, 0.25) is 0 Å². The SMILES string of the molecule is CCCC[C@@H](C)C#C[C@H]1OCN2CCC[C@H]2[C@@]1(C)OCc1ccccc1. The van der Waals surface area contributed by atoms with Crippen LogP contribution in [0, 0.1) is 17.8 Å². The number of ether oxygens (including phenoxy) is 2. The van der Waals surface area contributed by atoms with Crippen molar-refractivity contribution in [2.75, 3.05) is 13.3 Å². The van der Waals surface area contributed by atoms with E-state index in [4.69, 9.17) is 9.47 Å². The van der Waals surface area contributed by atoms with Crippen LogP contribution in [0.5, 0.6) is 0 Å². The molecule has 0 aliphatic carbocycles. The molecule has 2 fully saturated rings. The maximum Gasteiger partial charge on any atom is 0.150 e. The fourth-order valence-electron chi connectivity index (χ4n) is 4.11. The third-order valence-electron chi connectivity index (χ3n) is 5.80. The number of fused-ring (bicyclic) bond motifs is 1. The zero-order valence-corrected chi connectivity index (χ0v) is 16.5. The van der Waals surface area contributed by atoms with E-state index in [-0.39, 0.29) is 11.7 Å². The second kappa shape index (κ2) is 9.04. The quantitative estimate of drug-likeness (QED) is 0.696. The second-order valence-electron chi connectivity index (χ2n) is 7.94. The first kappa shape index (κ1) is 19.4. The Morgan fingerprint density at radius 2 is 2.15 bits per heavy atom. The van der Waals surface area contributed by atoms with E-state index in [1.165, 1.54) is 24.8 Å². The molecule has 0 unspecified atom stereocenters. The predicted octanol–water partition coefficient (Wildman–Crippen LogP) is 4.61. The molecule has 3 rings (SSSR count). The molecule has 2 saturated heterocycles. The molecule has 2 heterocycles. The molecule has 0 saturated carbocycles. The van der Waals surface area contributed by atoms with Crippen LogP contribution >= 0.6 is 0 Å². The molecule has 1 aromatic carbocycles. The molecule has 0 spiro atoms. The minimum atomic E-state index is -0.387. The molecule has 1 aromatic rings. The summed E-state index contributed by atoms with van der Waals surface area (Å²) in [7, 11) is 0.